The maximum Gasteiger partial charge on any atom is 0.525 e. The number of rotatable bonds is 3. The minimum Gasteiger partial charge on any atom is -0.398 e. The van der Waals surface area contributed by atoms with Crippen molar-refractivity contribution in [2.24, 2.45) is 5.73 Å². The van der Waals surface area contributed by atoms with Crippen LogP contribution in [0.5, 0.6) is 0 Å². The first-order valence-electron chi connectivity index (χ1n) is 6.81. The average molecular weight is 270 g/mol. The third-order valence-corrected chi connectivity index (χ3v) is 4.31. The smallest absolute Gasteiger partial charge is 0.398 e. The first kappa shape index (κ1) is 15.0. The van der Waals surface area contributed by atoms with Crippen LogP contribution in [0, 0.1) is 0 Å². The third-order valence-electron chi connectivity index (χ3n) is 4.31. The number of hydrogen-bond acceptors (Lipinski definition) is 4. The average Bonchev–Trinajstić information content (AvgIpc) is 2.44. The summed E-state index contributed by atoms with van der Waals surface area (Å²) in [6.45, 7) is 11.7. The van der Waals surface area contributed by atoms with Gasteiger partial charge in [-0.2, -0.15) is 0 Å². The molecule has 2 rings (SSSR count). The molecule has 108 valence electrons. The highest BCUT2D eigenvalue weighted by Crippen LogP contribution is 2.39. The summed E-state index contributed by atoms with van der Waals surface area (Å²) in [5, 5.41) is 0. The van der Waals surface area contributed by atoms with Crippen molar-refractivity contribution < 1.29 is 13.7 Å². The molecule has 0 spiro atoms. The van der Waals surface area contributed by atoms with Crippen molar-refractivity contribution in [1.82, 2.24) is 4.90 Å². The lowest BCUT2D eigenvalue weighted by atomic mass is 9.84. The number of nitrogens with two attached hydrogens (primary N) is 1. The van der Waals surface area contributed by atoms with Crippen LogP contribution in [0.15, 0.2) is 11.3 Å². The summed E-state index contributed by atoms with van der Waals surface area (Å²) in [5.41, 5.74) is 5.05. The Morgan fingerprint density at radius 1 is 1.26 bits per heavy atom. The van der Waals surface area contributed by atoms with Gasteiger partial charge in [-0.25, -0.2) is 4.39 Å². The molecule has 2 saturated heterocycles. The Morgan fingerprint density at radius 3 is 2.16 bits per heavy atom. The summed E-state index contributed by atoms with van der Waals surface area (Å²) in [6.07, 6.45) is 0. The van der Waals surface area contributed by atoms with Crippen LogP contribution >= 0.6 is 0 Å². The lowest BCUT2D eigenvalue weighted by Crippen LogP contribution is -2.55. The summed E-state index contributed by atoms with van der Waals surface area (Å²) in [4.78, 5) is 2.12. The first-order valence-corrected chi connectivity index (χ1v) is 6.81. The molecular weight excluding hydrogens is 246 g/mol. The van der Waals surface area contributed by atoms with Gasteiger partial charge in [0, 0.05) is 25.7 Å². The molecule has 0 atom stereocenters. The Labute approximate surface area is 115 Å². The second-order valence-corrected chi connectivity index (χ2v) is 6.67. The van der Waals surface area contributed by atoms with Gasteiger partial charge in [-0.15, -0.1) is 0 Å². The van der Waals surface area contributed by atoms with E-state index in [0.717, 1.165) is 13.1 Å². The van der Waals surface area contributed by atoms with Gasteiger partial charge in [0.25, 0.3) is 0 Å². The van der Waals surface area contributed by atoms with Gasteiger partial charge in [0.2, 0.25) is 0 Å². The normalized spacial score (nSPS) is 28.3. The second kappa shape index (κ2) is 4.84. The van der Waals surface area contributed by atoms with E-state index in [1.165, 1.54) is 0 Å². The molecule has 0 radical (unpaired) electrons. The van der Waals surface area contributed by atoms with Gasteiger partial charge < -0.3 is 15.0 Å². The predicted octanol–water partition coefficient (Wildman–Crippen LogP) is 1.50. The molecule has 2 N–H and O–H groups in total. The van der Waals surface area contributed by atoms with Crippen LogP contribution in [0.25, 0.3) is 0 Å². The van der Waals surface area contributed by atoms with Crippen molar-refractivity contribution >= 4 is 7.12 Å². The first-order chi connectivity index (χ1) is 8.62. The van der Waals surface area contributed by atoms with Crippen LogP contribution < -0.4 is 5.73 Å². The van der Waals surface area contributed by atoms with Crippen LogP contribution in [0.1, 0.15) is 34.6 Å². The van der Waals surface area contributed by atoms with Gasteiger partial charge in [-0.3, -0.25) is 4.90 Å². The summed E-state index contributed by atoms with van der Waals surface area (Å²) < 4.78 is 25.8. The molecule has 0 unspecified atom stereocenters. The summed E-state index contributed by atoms with van der Waals surface area (Å²) in [6, 6.07) is 0.229. The number of likely N-dealkylation sites (tertiary alicyclic amines) is 1. The summed E-state index contributed by atoms with van der Waals surface area (Å²) >= 11 is 0. The number of nitrogens with zero attached hydrogens (tertiary/aromatic N) is 1. The highest BCUT2D eigenvalue weighted by Gasteiger charge is 2.53. The molecule has 0 saturated carbocycles. The van der Waals surface area contributed by atoms with Crippen molar-refractivity contribution in [1.29, 1.82) is 0 Å². The monoisotopic (exact) mass is 270 g/mol. The molecule has 0 aromatic heterocycles. The molecule has 2 heterocycles. The largest absolute Gasteiger partial charge is 0.525 e. The zero-order chi connectivity index (χ0) is 14.4. The van der Waals surface area contributed by atoms with E-state index in [-0.39, 0.29) is 11.8 Å². The van der Waals surface area contributed by atoms with Crippen molar-refractivity contribution in [3.05, 3.63) is 11.3 Å². The molecule has 2 aliphatic heterocycles. The molecule has 0 amide bonds. The summed E-state index contributed by atoms with van der Waals surface area (Å²) in [7, 11) is -0.889. The fourth-order valence-electron chi connectivity index (χ4n) is 2.30. The van der Waals surface area contributed by atoms with Gasteiger partial charge in [0.15, 0.2) is 0 Å². The minimum absolute atomic E-state index is 0.229. The van der Waals surface area contributed by atoms with Crippen molar-refractivity contribution in [2.75, 3.05) is 19.6 Å². The standard InChI is InChI=1S/C13H24BFN2O2/c1-9(6-17-7-10(16)8-17)11(15)14-18-12(2,3)13(4,5)19-14/h10H,6-8,16H2,1-5H3. The maximum absolute atomic E-state index is 14.4. The van der Waals surface area contributed by atoms with Crippen LogP contribution in [0.2, 0.25) is 0 Å². The molecular formula is C13H24BFN2O2. The Kier molecular flexibility index (Phi) is 3.82. The Bertz CT molecular complexity index is 376. The van der Waals surface area contributed by atoms with E-state index < -0.39 is 18.3 Å². The predicted molar refractivity (Wildman–Crippen MR) is 74.3 cm³/mol. The molecule has 0 bridgehead atoms. The lowest BCUT2D eigenvalue weighted by molar-refractivity contribution is 0.00578. The van der Waals surface area contributed by atoms with Crippen LogP contribution in [0.4, 0.5) is 4.39 Å². The van der Waals surface area contributed by atoms with E-state index in [2.05, 4.69) is 4.90 Å². The molecule has 6 heteroatoms. The molecule has 2 aliphatic rings. The molecule has 4 nitrogen and oxygen atoms in total. The van der Waals surface area contributed by atoms with Gasteiger partial charge >= 0.3 is 7.12 Å². The zero-order valence-electron chi connectivity index (χ0n) is 12.5. The Morgan fingerprint density at radius 2 is 1.74 bits per heavy atom. The van der Waals surface area contributed by atoms with Gasteiger partial charge in [0.05, 0.1) is 11.2 Å². The molecule has 0 aliphatic carbocycles. The zero-order valence-corrected chi connectivity index (χ0v) is 12.5. The maximum atomic E-state index is 14.4. The molecule has 2 fully saturated rings. The van der Waals surface area contributed by atoms with Crippen LogP contribution in [-0.2, 0) is 9.31 Å². The minimum atomic E-state index is -0.889. The third kappa shape index (κ3) is 2.87. The fourth-order valence-corrected chi connectivity index (χ4v) is 2.30. The Hall–Kier alpha value is -0.425. The van der Waals surface area contributed by atoms with E-state index in [0.29, 0.717) is 12.1 Å². The molecule has 0 aromatic carbocycles. The van der Waals surface area contributed by atoms with Crippen molar-refractivity contribution in [3.8, 4) is 0 Å². The van der Waals surface area contributed by atoms with E-state index in [4.69, 9.17) is 15.0 Å². The quantitative estimate of drug-likeness (QED) is 0.790. The molecule has 19 heavy (non-hydrogen) atoms. The topological polar surface area (TPSA) is 47.7 Å². The highest BCUT2D eigenvalue weighted by molar-refractivity contribution is 6.53. The fraction of sp³-hybridized carbons (Fsp3) is 0.846. The van der Waals surface area contributed by atoms with Crippen LogP contribution in [0.3, 0.4) is 0 Å². The van der Waals surface area contributed by atoms with E-state index in [9.17, 15) is 4.39 Å². The van der Waals surface area contributed by atoms with Gasteiger partial charge in [0.1, 0.15) is 5.73 Å². The lowest BCUT2D eigenvalue weighted by Gasteiger charge is -2.37. The Balaban J connectivity index is 2.01. The van der Waals surface area contributed by atoms with E-state index in [1.807, 2.05) is 27.7 Å². The van der Waals surface area contributed by atoms with Crippen molar-refractivity contribution in [3.63, 3.8) is 0 Å². The molecule has 0 aromatic rings. The number of hydrogen-bond donors (Lipinski definition) is 1. The summed E-state index contributed by atoms with van der Waals surface area (Å²) in [5.74, 6) is 0. The highest BCUT2D eigenvalue weighted by atomic mass is 19.1. The number of halogens is 1. The van der Waals surface area contributed by atoms with E-state index in [1.54, 1.807) is 6.92 Å². The van der Waals surface area contributed by atoms with Gasteiger partial charge in [-0.05, 0) is 40.2 Å². The van der Waals surface area contributed by atoms with Crippen LogP contribution in [-0.4, -0.2) is 48.9 Å². The van der Waals surface area contributed by atoms with E-state index >= 15 is 0 Å². The van der Waals surface area contributed by atoms with Crippen molar-refractivity contribution in [2.45, 2.75) is 51.9 Å². The second-order valence-electron chi connectivity index (χ2n) is 6.67. The SMILES string of the molecule is CC(CN1CC(N)C1)=C(F)B1OC(C)(C)C(C)(C)O1. The van der Waals surface area contributed by atoms with Gasteiger partial charge in [-0.1, -0.05) is 0 Å².